The zero-order valence-electron chi connectivity index (χ0n) is 6.94. The van der Waals surface area contributed by atoms with E-state index in [4.69, 9.17) is 14.6 Å². The van der Waals surface area contributed by atoms with Crippen LogP contribution >= 0.6 is 0 Å². The van der Waals surface area contributed by atoms with Crippen molar-refractivity contribution in [2.45, 2.75) is 6.61 Å². The standard InChI is InChI=1S/C7H10N2O3/c1-11-6-5(4-10)3-8-7(9-6)12-2/h3,10H,4H2,1-2H3. The van der Waals surface area contributed by atoms with Crippen LogP contribution in [0.25, 0.3) is 0 Å². The maximum atomic E-state index is 8.81. The molecule has 0 fully saturated rings. The zero-order valence-corrected chi connectivity index (χ0v) is 6.94. The summed E-state index contributed by atoms with van der Waals surface area (Å²) >= 11 is 0. The van der Waals surface area contributed by atoms with Gasteiger partial charge in [0.15, 0.2) is 0 Å². The van der Waals surface area contributed by atoms with Crippen molar-refractivity contribution in [1.29, 1.82) is 0 Å². The van der Waals surface area contributed by atoms with E-state index >= 15 is 0 Å². The minimum Gasteiger partial charge on any atom is -0.481 e. The summed E-state index contributed by atoms with van der Waals surface area (Å²) in [5.41, 5.74) is 0.540. The van der Waals surface area contributed by atoms with Gasteiger partial charge in [0.1, 0.15) is 0 Å². The molecule has 0 aromatic carbocycles. The molecule has 0 aliphatic rings. The Morgan fingerprint density at radius 2 is 2.17 bits per heavy atom. The van der Waals surface area contributed by atoms with Gasteiger partial charge in [-0.3, -0.25) is 0 Å². The molecule has 0 saturated heterocycles. The SMILES string of the molecule is COc1ncc(CO)c(OC)n1. The van der Waals surface area contributed by atoms with E-state index in [1.54, 1.807) is 0 Å². The predicted octanol–water partition coefficient (Wildman–Crippen LogP) is -0.0139. The summed E-state index contributed by atoms with van der Waals surface area (Å²) in [4.78, 5) is 7.67. The summed E-state index contributed by atoms with van der Waals surface area (Å²) < 4.78 is 9.66. The molecule has 1 aromatic rings. The van der Waals surface area contributed by atoms with Crippen LogP contribution in [0.5, 0.6) is 11.9 Å². The molecule has 1 rings (SSSR count). The fraction of sp³-hybridized carbons (Fsp3) is 0.429. The molecule has 5 heteroatoms. The number of hydrogen-bond donors (Lipinski definition) is 1. The normalized spacial score (nSPS) is 9.58. The van der Waals surface area contributed by atoms with Gasteiger partial charge in [-0.25, -0.2) is 4.98 Å². The van der Waals surface area contributed by atoms with Crippen LogP contribution in [0.1, 0.15) is 5.56 Å². The van der Waals surface area contributed by atoms with Crippen molar-refractivity contribution < 1.29 is 14.6 Å². The number of aliphatic hydroxyl groups excluding tert-OH is 1. The number of nitrogens with zero attached hydrogens (tertiary/aromatic N) is 2. The van der Waals surface area contributed by atoms with E-state index in [-0.39, 0.29) is 12.6 Å². The molecule has 1 N–H and O–H groups in total. The largest absolute Gasteiger partial charge is 0.481 e. The molecule has 0 aliphatic heterocycles. The molecule has 12 heavy (non-hydrogen) atoms. The number of methoxy groups -OCH3 is 2. The maximum Gasteiger partial charge on any atom is 0.319 e. The summed E-state index contributed by atoms with van der Waals surface area (Å²) in [6.07, 6.45) is 1.46. The van der Waals surface area contributed by atoms with Crippen LogP contribution in [0.2, 0.25) is 0 Å². The monoisotopic (exact) mass is 170 g/mol. The molecule has 0 amide bonds. The highest BCUT2D eigenvalue weighted by Crippen LogP contribution is 2.16. The average molecular weight is 170 g/mol. The number of aromatic nitrogens is 2. The van der Waals surface area contributed by atoms with Gasteiger partial charge in [0.25, 0.3) is 0 Å². The Labute approximate surface area is 70.0 Å². The van der Waals surface area contributed by atoms with Gasteiger partial charge in [0.05, 0.1) is 26.4 Å². The van der Waals surface area contributed by atoms with Crippen molar-refractivity contribution in [2.24, 2.45) is 0 Å². The second-order valence-corrected chi connectivity index (χ2v) is 2.05. The fourth-order valence-corrected chi connectivity index (χ4v) is 0.759. The zero-order chi connectivity index (χ0) is 8.97. The summed E-state index contributed by atoms with van der Waals surface area (Å²) in [5.74, 6) is 0.337. The summed E-state index contributed by atoms with van der Waals surface area (Å²) in [5, 5.41) is 8.81. The lowest BCUT2D eigenvalue weighted by Gasteiger charge is -2.04. The molecule has 0 aliphatic carbocycles. The van der Waals surface area contributed by atoms with Gasteiger partial charge in [0.2, 0.25) is 5.88 Å². The Morgan fingerprint density at radius 3 is 2.67 bits per heavy atom. The van der Waals surface area contributed by atoms with Crippen LogP contribution in [-0.4, -0.2) is 29.3 Å². The Balaban J connectivity index is 3.02. The van der Waals surface area contributed by atoms with Crippen molar-refractivity contribution in [3.8, 4) is 11.9 Å². The van der Waals surface area contributed by atoms with Crippen molar-refractivity contribution in [1.82, 2.24) is 9.97 Å². The van der Waals surface area contributed by atoms with Gasteiger partial charge in [-0.15, -0.1) is 0 Å². The van der Waals surface area contributed by atoms with E-state index in [2.05, 4.69) is 9.97 Å². The minimum atomic E-state index is -0.146. The Bertz CT molecular complexity index is 265. The third-order valence-electron chi connectivity index (χ3n) is 1.35. The highest BCUT2D eigenvalue weighted by atomic mass is 16.5. The molecule has 0 bridgehead atoms. The first-order valence-corrected chi connectivity index (χ1v) is 3.36. The number of rotatable bonds is 3. The van der Waals surface area contributed by atoms with E-state index in [1.807, 2.05) is 0 Å². The summed E-state index contributed by atoms with van der Waals surface area (Å²) in [6, 6.07) is 0.226. The third kappa shape index (κ3) is 1.62. The van der Waals surface area contributed by atoms with E-state index < -0.39 is 0 Å². The molecule has 0 spiro atoms. The molecule has 5 nitrogen and oxygen atoms in total. The lowest BCUT2D eigenvalue weighted by atomic mass is 10.3. The van der Waals surface area contributed by atoms with Crippen LogP contribution in [0.3, 0.4) is 0 Å². The van der Waals surface area contributed by atoms with Gasteiger partial charge in [-0.2, -0.15) is 4.98 Å². The molecule has 0 unspecified atom stereocenters. The molecule has 0 radical (unpaired) electrons. The van der Waals surface area contributed by atoms with Crippen molar-refractivity contribution in [3.05, 3.63) is 11.8 Å². The van der Waals surface area contributed by atoms with Gasteiger partial charge >= 0.3 is 6.01 Å². The average Bonchev–Trinajstić information content (AvgIpc) is 2.16. The highest BCUT2D eigenvalue weighted by molar-refractivity contribution is 5.24. The van der Waals surface area contributed by atoms with Gasteiger partial charge in [0, 0.05) is 6.20 Å². The first kappa shape index (κ1) is 8.73. The van der Waals surface area contributed by atoms with Gasteiger partial charge in [-0.05, 0) is 0 Å². The van der Waals surface area contributed by atoms with E-state index in [9.17, 15) is 0 Å². The Morgan fingerprint density at radius 1 is 1.42 bits per heavy atom. The second-order valence-electron chi connectivity index (χ2n) is 2.05. The van der Waals surface area contributed by atoms with Crippen molar-refractivity contribution >= 4 is 0 Å². The highest BCUT2D eigenvalue weighted by Gasteiger charge is 2.05. The molecule has 0 atom stereocenters. The summed E-state index contributed by atoms with van der Waals surface area (Å²) in [6.45, 7) is -0.146. The lowest BCUT2D eigenvalue weighted by molar-refractivity contribution is 0.268. The molecule has 66 valence electrons. The quantitative estimate of drug-likeness (QED) is 0.691. The van der Waals surface area contributed by atoms with Crippen LogP contribution < -0.4 is 9.47 Å². The number of aliphatic hydroxyl groups is 1. The predicted molar refractivity (Wildman–Crippen MR) is 41.1 cm³/mol. The van der Waals surface area contributed by atoms with E-state index in [0.717, 1.165) is 0 Å². The molecule has 0 saturated carbocycles. The van der Waals surface area contributed by atoms with Gasteiger partial charge in [-0.1, -0.05) is 0 Å². The first-order valence-electron chi connectivity index (χ1n) is 3.36. The Hall–Kier alpha value is -1.36. The maximum absolute atomic E-state index is 8.81. The lowest BCUT2D eigenvalue weighted by Crippen LogP contribution is -1.99. The smallest absolute Gasteiger partial charge is 0.319 e. The van der Waals surface area contributed by atoms with Crippen LogP contribution in [0, 0.1) is 0 Å². The van der Waals surface area contributed by atoms with Crippen LogP contribution in [0.15, 0.2) is 6.20 Å². The Kier molecular flexibility index (Phi) is 2.82. The second kappa shape index (κ2) is 3.87. The molecule has 1 aromatic heterocycles. The molecule has 1 heterocycles. The topological polar surface area (TPSA) is 64.5 Å². The van der Waals surface area contributed by atoms with Crippen molar-refractivity contribution in [3.63, 3.8) is 0 Å². The van der Waals surface area contributed by atoms with Crippen molar-refractivity contribution in [2.75, 3.05) is 14.2 Å². The fourth-order valence-electron chi connectivity index (χ4n) is 0.759. The van der Waals surface area contributed by atoms with Gasteiger partial charge < -0.3 is 14.6 Å². The van der Waals surface area contributed by atoms with Crippen LogP contribution in [-0.2, 0) is 6.61 Å². The number of hydrogen-bond acceptors (Lipinski definition) is 5. The molecular formula is C7H10N2O3. The first-order chi connectivity index (χ1) is 5.81. The molecular weight excluding hydrogens is 160 g/mol. The van der Waals surface area contributed by atoms with E-state index in [1.165, 1.54) is 20.4 Å². The summed E-state index contributed by atoms with van der Waals surface area (Å²) in [7, 11) is 2.94. The van der Waals surface area contributed by atoms with Crippen LogP contribution in [0.4, 0.5) is 0 Å². The van der Waals surface area contributed by atoms with E-state index in [0.29, 0.717) is 11.4 Å². The third-order valence-corrected chi connectivity index (χ3v) is 1.35. The number of ether oxygens (including phenoxy) is 2. The minimum absolute atomic E-state index is 0.146.